The van der Waals surface area contributed by atoms with E-state index in [0.29, 0.717) is 6.04 Å². The van der Waals surface area contributed by atoms with E-state index in [2.05, 4.69) is 19.2 Å². The Labute approximate surface area is 91.6 Å². The quantitative estimate of drug-likeness (QED) is 0.730. The molecule has 0 amide bonds. The average molecular weight is 208 g/mol. The minimum atomic E-state index is 0.359. The molecule has 0 aromatic heterocycles. The summed E-state index contributed by atoms with van der Waals surface area (Å²) in [5.41, 5.74) is 8.80. The van der Waals surface area contributed by atoms with Crippen molar-refractivity contribution in [2.24, 2.45) is 0 Å². The van der Waals surface area contributed by atoms with Crippen molar-refractivity contribution in [3.05, 3.63) is 23.8 Å². The molecule has 0 heterocycles. The Kier molecular flexibility index (Phi) is 4.43. The zero-order valence-corrected chi connectivity index (χ0v) is 9.71. The molecule has 0 bridgehead atoms. The van der Waals surface area contributed by atoms with Crippen LogP contribution < -0.4 is 11.1 Å². The van der Waals surface area contributed by atoms with Crippen molar-refractivity contribution in [2.45, 2.75) is 26.3 Å². The van der Waals surface area contributed by atoms with Crippen LogP contribution in [0.1, 0.15) is 18.9 Å². The van der Waals surface area contributed by atoms with E-state index in [1.54, 1.807) is 7.11 Å². The molecule has 84 valence electrons. The summed E-state index contributed by atoms with van der Waals surface area (Å²) in [6.45, 7) is 4.92. The summed E-state index contributed by atoms with van der Waals surface area (Å²) in [6.07, 6.45) is 1.04. The highest BCUT2D eigenvalue weighted by Gasteiger charge is 2.06. The van der Waals surface area contributed by atoms with Crippen molar-refractivity contribution in [3.63, 3.8) is 0 Å². The summed E-state index contributed by atoms with van der Waals surface area (Å²) in [7, 11) is 1.72. The van der Waals surface area contributed by atoms with Crippen LogP contribution in [0.15, 0.2) is 18.2 Å². The Morgan fingerprint density at radius 2 is 2.20 bits per heavy atom. The number of ether oxygens (including phenoxy) is 1. The molecule has 3 heteroatoms. The highest BCUT2D eigenvalue weighted by Crippen LogP contribution is 2.19. The van der Waals surface area contributed by atoms with E-state index in [9.17, 15) is 0 Å². The van der Waals surface area contributed by atoms with Crippen LogP contribution in [0.25, 0.3) is 0 Å². The molecule has 0 aliphatic heterocycles. The lowest BCUT2D eigenvalue weighted by atomic mass is 10.1. The third-order valence-electron chi connectivity index (χ3n) is 2.47. The first-order chi connectivity index (χ1) is 7.17. The van der Waals surface area contributed by atoms with Gasteiger partial charge in [-0.25, -0.2) is 0 Å². The van der Waals surface area contributed by atoms with Crippen LogP contribution in [-0.2, 0) is 4.74 Å². The van der Waals surface area contributed by atoms with Crippen molar-refractivity contribution in [3.8, 4) is 0 Å². The molecule has 1 unspecified atom stereocenters. The summed E-state index contributed by atoms with van der Waals surface area (Å²) >= 11 is 0. The van der Waals surface area contributed by atoms with Gasteiger partial charge >= 0.3 is 0 Å². The molecule has 1 rings (SSSR count). The third kappa shape index (κ3) is 3.44. The summed E-state index contributed by atoms with van der Waals surface area (Å²) in [6, 6.07) is 6.26. The first-order valence-corrected chi connectivity index (χ1v) is 5.29. The highest BCUT2D eigenvalue weighted by molar-refractivity contribution is 5.57. The molecular weight excluding hydrogens is 188 g/mol. The lowest BCUT2D eigenvalue weighted by Gasteiger charge is -2.19. The Balaban J connectivity index is 2.70. The lowest BCUT2D eigenvalue weighted by molar-refractivity contribution is 0.184. The van der Waals surface area contributed by atoms with Gasteiger partial charge in [0.05, 0.1) is 6.61 Å². The van der Waals surface area contributed by atoms with Gasteiger partial charge in [0.25, 0.3) is 0 Å². The smallest absolute Gasteiger partial charge is 0.0663 e. The molecule has 3 nitrogen and oxygen atoms in total. The van der Waals surface area contributed by atoms with Crippen molar-refractivity contribution in [1.29, 1.82) is 0 Å². The molecule has 0 spiro atoms. The van der Waals surface area contributed by atoms with Gasteiger partial charge in [0.15, 0.2) is 0 Å². The van der Waals surface area contributed by atoms with Crippen molar-refractivity contribution >= 4 is 11.4 Å². The number of nitrogens with one attached hydrogen (secondary N) is 1. The Hall–Kier alpha value is -1.22. The summed E-state index contributed by atoms with van der Waals surface area (Å²) < 4.78 is 5.14. The molecule has 1 aromatic rings. The fourth-order valence-corrected chi connectivity index (χ4v) is 1.53. The zero-order chi connectivity index (χ0) is 11.3. The van der Waals surface area contributed by atoms with Crippen LogP contribution in [-0.4, -0.2) is 19.8 Å². The van der Waals surface area contributed by atoms with Crippen molar-refractivity contribution in [2.75, 3.05) is 24.8 Å². The van der Waals surface area contributed by atoms with Gasteiger partial charge in [0.1, 0.15) is 0 Å². The minimum Gasteiger partial charge on any atom is -0.399 e. The van der Waals surface area contributed by atoms with Crippen LogP contribution >= 0.6 is 0 Å². The normalized spacial score (nSPS) is 12.5. The minimum absolute atomic E-state index is 0.359. The average Bonchev–Trinajstić information content (AvgIpc) is 2.21. The molecule has 1 aromatic carbocycles. The number of benzene rings is 1. The number of anilines is 2. The molecule has 15 heavy (non-hydrogen) atoms. The van der Waals surface area contributed by atoms with Gasteiger partial charge in [0.2, 0.25) is 0 Å². The predicted octanol–water partition coefficient (Wildman–Crippen LogP) is 2.41. The summed E-state index contributed by atoms with van der Waals surface area (Å²) in [5, 5.41) is 3.44. The van der Waals surface area contributed by atoms with Gasteiger partial charge in [-0.05, 0) is 37.1 Å². The number of hydrogen-bond acceptors (Lipinski definition) is 3. The van der Waals surface area contributed by atoms with Crippen LogP contribution in [0, 0.1) is 6.92 Å². The molecule has 1 atom stereocenters. The van der Waals surface area contributed by atoms with Crippen LogP contribution in [0.4, 0.5) is 11.4 Å². The molecular formula is C12H20N2O. The van der Waals surface area contributed by atoms with Crippen LogP contribution in [0.2, 0.25) is 0 Å². The summed E-state index contributed by atoms with van der Waals surface area (Å²) in [5.74, 6) is 0. The van der Waals surface area contributed by atoms with Gasteiger partial charge < -0.3 is 15.8 Å². The van der Waals surface area contributed by atoms with Crippen molar-refractivity contribution < 1.29 is 4.74 Å². The first kappa shape index (κ1) is 11.9. The van der Waals surface area contributed by atoms with E-state index in [1.807, 2.05) is 18.2 Å². The van der Waals surface area contributed by atoms with Crippen LogP contribution in [0.3, 0.4) is 0 Å². The molecule has 0 fully saturated rings. The maximum absolute atomic E-state index is 5.70. The number of hydrogen-bond donors (Lipinski definition) is 2. The summed E-state index contributed by atoms with van der Waals surface area (Å²) in [4.78, 5) is 0. The first-order valence-electron chi connectivity index (χ1n) is 5.29. The maximum atomic E-state index is 5.70. The molecule has 0 aliphatic carbocycles. The number of methoxy groups -OCH3 is 1. The van der Waals surface area contributed by atoms with E-state index in [-0.39, 0.29) is 0 Å². The SMILES string of the molecule is CCC(COC)Nc1ccc(N)cc1C. The fourth-order valence-electron chi connectivity index (χ4n) is 1.53. The lowest BCUT2D eigenvalue weighted by Crippen LogP contribution is -2.24. The van der Waals surface area contributed by atoms with Gasteiger partial charge in [-0.2, -0.15) is 0 Å². The van der Waals surface area contributed by atoms with Crippen LogP contribution in [0.5, 0.6) is 0 Å². The number of rotatable bonds is 5. The molecule has 0 saturated heterocycles. The fraction of sp³-hybridized carbons (Fsp3) is 0.500. The second kappa shape index (κ2) is 5.61. The van der Waals surface area contributed by atoms with Gasteiger partial charge in [0, 0.05) is 24.5 Å². The maximum Gasteiger partial charge on any atom is 0.0663 e. The van der Waals surface area contributed by atoms with E-state index >= 15 is 0 Å². The standard InChI is InChI=1S/C12H20N2O/c1-4-11(8-15-3)14-12-6-5-10(13)7-9(12)2/h5-7,11,14H,4,8,13H2,1-3H3. The second-order valence-electron chi connectivity index (χ2n) is 3.78. The Morgan fingerprint density at radius 3 is 2.73 bits per heavy atom. The topological polar surface area (TPSA) is 47.3 Å². The van der Waals surface area contributed by atoms with Gasteiger partial charge in [-0.3, -0.25) is 0 Å². The van der Waals surface area contributed by atoms with Gasteiger partial charge in [-0.1, -0.05) is 6.92 Å². The van der Waals surface area contributed by atoms with Gasteiger partial charge in [-0.15, -0.1) is 0 Å². The number of nitrogens with two attached hydrogens (primary N) is 1. The zero-order valence-electron chi connectivity index (χ0n) is 9.71. The Morgan fingerprint density at radius 1 is 1.47 bits per heavy atom. The number of nitrogen functional groups attached to an aromatic ring is 1. The van der Waals surface area contributed by atoms with E-state index in [1.165, 1.54) is 5.56 Å². The predicted molar refractivity (Wildman–Crippen MR) is 65.2 cm³/mol. The highest BCUT2D eigenvalue weighted by atomic mass is 16.5. The van der Waals surface area contributed by atoms with E-state index in [0.717, 1.165) is 24.4 Å². The molecule has 3 N–H and O–H groups in total. The molecule has 0 radical (unpaired) electrons. The largest absolute Gasteiger partial charge is 0.399 e. The van der Waals surface area contributed by atoms with E-state index < -0.39 is 0 Å². The van der Waals surface area contributed by atoms with E-state index in [4.69, 9.17) is 10.5 Å². The third-order valence-corrected chi connectivity index (χ3v) is 2.47. The molecule has 0 aliphatic rings. The molecule has 0 saturated carbocycles. The number of aryl methyl sites for hydroxylation is 1. The van der Waals surface area contributed by atoms with Crippen molar-refractivity contribution in [1.82, 2.24) is 0 Å². The Bertz CT molecular complexity index is 312. The second-order valence-corrected chi connectivity index (χ2v) is 3.78. The monoisotopic (exact) mass is 208 g/mol.